The summed E-state index contributed by atoms with van der Waals surface area (Å²) in [5, 5.41) is 0.484. The number of aromatic nitrogens is 2. The molecule has 2 aromatic rings. The van der Waals surface area contributed by atoms with E-state index in [-0.39, 0.29) is 6.10 Å². The van der Waals surface area contributed by atoms with Crippen LogP contribution in [-0.4, -0.2) is 22.7 Å². The topological polar surface area (TPSA) is 44.2 Å². The first-order valence-electron chi connectivity index (χ1n) is 7.03. The van der Waals surface area contributed by atoms with Crippen molar-refractivity contribution in [1.29, 1.82) is 0 Å². The van der Waals surface area contributed by atoms with Crippen LogP contribution in [0.1, 0.15) is 25.1 Å². The van der Waals surface area contributed by atoms with Crippen molar-refractivity contribution in [2.45, 2.75) is 33.0 Å². The number of benzene rings is 1. The molecule has 0 unspecified atom stereocenters. The number of nitrogens with zero attached hydrogens (tertiary/aromatic N) is 2. The normalized spacial score (nSPS) is 14.1. The van der Waals surface area contributed by atoms with Gasteiger partial charge < -0.3 is 9.47 Å². The van der Waals surface area contributed by atoms with Crippen molar-refractivity contribution in [1.82, 2.24) is 9.97 Å². The van der Waals surface area contributed by atoms with E-state index in [2.05, 4.69) is 9.97 Å². The highest BCUT2D eigenvalue weighted by Gasteiger charge is 2.17. The summed E-state index contributed by atoms with van der Waals surface area (Å²) in [4.78, 5) is 9.00. The molecule has 0 fully saturated rings. The third-order valence-electron chi connectivity index (χ3n) is 3.26. The van der Waals surface area contributed by atoms with Gasteiger partial charge in [0.05, 0.1) is 25.0 Å². The van der Waals surface area contributed by atoms with E-state index in [0.717, 1.165) is 29.0 Å². The molecule has 0 saturated carbocycles. The maximum Gasteiger partial charge on any atom is 0.161 e. The van der Waals surface area contributed by atoms with E-state index in [1.807, 2.05) is 38.1 Å². The Morgan fingerprint density at radius 3 is 2.67 bits per heavy atom. The molecule has 4 nitrogen and oxygen atoms in total. The second-order valence-corrected chi connectivity index (χ2v) is 5.61. The Labute approximate surface area is 129 Å². The number of halogens is 1. The molecule has 2 heterocycles. The van der Waals surface area contributed by atoms with E-state index in [1.54, 1.807) is 0 Å². The number of ether oxygens (including phenoxy) is 2. The first-order chi connectivity index (χ1) is 10.1. The van der Waals surface area contributed by atoms with Crippen LogP contribution in [0.25, 0.3) is 11.4 Å². The van der Waals surface area contributed by atoms with Gasteiger partial charge in [0.15, 0.2) is 5.82 Å². The highest BCUT2D eigenvalue weighted by atomic mass is 35.5. The second-order valence-electron chi connectivity index (χ2n) is 5.26. The van der Waals surface area contributed by atoms with Crippen molar-refractivity contribution < 1.29 is 9.47 Å². The van der Waals surface area contributed by atoms with Gasteiger partial charge in [-0.1, -0.05) is 11.6 Å². The molecule has 0 radical (unpaired) electrons. The SMILES string of the molecule is CC(C)Oc1ccc(-c2nc(Cl)c3c(n2)CCOC3)cc1. The smallest absolute Gasteiger partial charge is 0.161 e. The Bertz CT molecular complexity index is 641. The molecule has 3 rings (SSSR count). The Morgan fingerprint density at radius 2 is 1.95 bits per heavy atom. The zero-order valence-electron chi connectivity index (χ0n) is 12.1. The van der Waals surface area contributed by atoms with Crippen LogP contribution in [-0.2, 0) is 17.8 Å². The van der Waals surface area contributed by atoms with Gasteiger partial charge in [0.25, 0.3) is 0 Å². The van der Waals surface area contributed by atoms with E-state index in [0.29, 0.717) is 24.2 Å². The molecule has 0 aliphatic carbocycles. The number of hydrogen-bond donors (Lipinski definition) is 0. The largest absolute Gasteiger partial charge is 0.491 e. The summed E-state index contributed by atoms with van der Waals surface area (Å²) >= 11 is 6.24. The van der Waals surface area contributed by atoms with Crippen LogP contribution in [0, 0.1) is 0 Å². The molecule has 0 saturated heterocycles. The maximum absolute atomic E-state index is 6.24. The first kappa shape index (κ1) is 14.3. The fraction of sp³-hybridized carbons (Fsp3) is 0.375. The molecular formula is C16H17ClN2O2. The Morgan fingerprint density at radius 1 is 1.19 bits per heavy atom. The predicted molar refractivity (Wildman–Crippen MR) is 81.6 cm³/mol. The highest BCUT2D eigenvalue weighted by molar-refractivity contribution is 6.30. The summed E-state index contributed by atoms with van der Waals surface area (Å²) in [5.41, 5.74) is 2.83. The molecule has 1 aromatic carbocycles. The lowest BCUT2D eigenvalue weighted by Crippen LogP contribution is -2.14. The van der Waals surface area contributed by atoms with Gasteiger partial charge in [-0.05, 0) is 38.1 Å². The van der Waals surface area contributed by atoms with Crippen molar-refractivity contribution in [3.8, 4) is 17.1 Å². The summed E-state index contributed by atoms with van der Waals surface area (Å²) in [5.74, 6) is 1.49. The molecule has 1 aliphatic rings. The first-order valence-corrected chi connectivity index (χ1v) is 7.41. The van der Waals surface area contributed by atoms with Crippen molar-refractivity contribution in [2.24, 2.45) is 0 Å². The van der Waals surface area contributed by atoms with E-state index in [1.165, 1.54) is 0 Å². The minimum absolute atomic E-state index is 0.158. The third kappa shape index (κ3) is 3.17. The number of rotatable bonds is 3. The number of fused-ring (bicyclic) bond motifs is 1. The van der Waals surface area contributed by atoms with E-state index < -0.39 is 0 Å². The summed E-state index contributed by atoms with van der Waals surface area (Å²) in [6.45, 7) is 5.18. The van der Waals surface area contributed by atoms with Gasteiger partial charge in [0.2, 0.25) is 0 Å². The lowest BCUT2D eigenvalue weighted by atomic mass is 10.1. The summed E-state index contributed by atoms with van der Waals surface area (Å²) in [7, 11) is 0. The molecule has 5 heteroatoms. The molecular weight excluding hydrogens is 288 g/mol. The molecule has 0 atom stereocenters. The molecule has 0 N–H and O–H groups in total. The second kappa shape index (κ2) is 6.00. The fourth-order valence-corrected chi connectivity index (χ4v) is 2.52. The van der Waals surface area contributed by atoms with Crippen molar-refractivity contribution in [2.75, 3.05) is 6.61 Å². The van der Waals surface area contributed by atoms with Crippen LogP contribution in [0.5, 0.6) is 5.75 Å². The van der Waals surface area contributed by atoms with Crippen molar-refractivity contribution in [3.05, 3.63) is 40.7 Å². The highest BCUT2D eigenvalue weighted by Crippen LogP contribution is 2.27. The zero-order valence-corrected chi connectivity index (χ0v) is 12.9. The average Bonchev–Trinajstić information content (AvgIpc) is 2.47. The Kier molecular flexibility index (Phi) is 4.08. The van der Waals surface area contributed by atoms with Gasteiger partial charge >= 0.3 is 0 Å². The fourth-order valence-electron chi connectivity index (χ4n) is 2.28. The van der Waals surface area contributed by atoms with Gasteiger partial charge in [-0.2, -0.15) is 0 Å². The molecule has 0 bridgehead atoms. The van der Waals surface area contributed by atoms with Crippen LogP contribution in [0.15, 0.2) is 24.3 Å². The molecule has 110 valence electrons. The zero-order chi connectivity index (χ0) is 14.8. The molecule has 0 spiro atoms. The van der Waals surface area contributed by atoms with E-state index >= 15 is 0 Å². The Balaban J connectivity index is 1.91. The molecule has 0 amide bonds. The quantitative estimate of drug-likeness (QED) is 0.812. The monoisotopic (exact) mass is 304 g/mol. The van der Waals surface area contributed by atoms with Gasteiger partial charge in [-0.3, -0.25) is 0 Å². The lowest BCUT2D eigenvalue weighted by molar-refractivity contribution is 0.109. The molecule has 1 aromatic heterocycles. The van der Waals surface area contributed by atoms with Gasteiger partial charge in [-0.15, -0.1) is 0 Å². The maximum atomic E-state index is 6.24. The van der Waals surface area contributed by atoms with Crippen LogP contribution in [0.2, 0.25) is 5.15 Å². The van der Waals surface area contributed by atoms with Crippen LogP contribution >= 0.6 is 11.6 Å². The molecule has 21 heavy (non-hydrogen) atoms. The summed E-state index contributed by atoms with van der Waals surface area (Å²) in [6, 6.07) is 7.76. The Hall–Kier alpha value is -1.65. The van der Waals surface area contributed by atoms with Crippen LogP contribution in [0.4, 0.5) is 0 Å². The summed E-state index contributed by atoms with van der Waals surface area (Å²) in [6.07, 6.45) is 0.935. The summed E-state index contributed by atoms with van der Waals surface area (Å²) < 4.78 is 11.0. The van der Waals surface area contributed by atoms with Crippen molar-refractivity contribution >= 4 is 11.6 Å². The minimum Gasteiger partial charge on any atom is -0.491 e. The van der Waals surface area contributed by atoms with Crippen molar-refractivity contribution in [3.63, 3.8) is 0 Å². The van der Waals surface area contributed by atoms with Gasteiger partial charge in [-0.25, -0.2) is 9.97 Å². The predicted octanol–water partition coefficient (Wildman–Crippen LogP) is 3.66. The number of hydrogen-bond acceptors (Lipinski definition) is 4. The van der Waals surface area contributed by atoms with E-state index in [4.69, 9.17) is 21.1 Å². The third-order valence-corrected chi connectivity index (χ3v) is 3.57. The lowest BCUT2D eigenvalue weighted by Gasteiger charge is -2.17. The van der Waals surface area contributed by atoms with Crippen LogP contribution < -0.4 is 4.74 Å². The molecule has 1 aliphatic heterocycles. The van der Waals surface area contributed by atoms with Crippen LogP contribution in [0.3, 0.4) is 0 Å². The van der Waals surface area contributed by atoms with Gasteiger partial charge in [0, 0.05) is 17.5 Å². The average molecular weight is 305 g/mol. The minimum atomic E-state index is 0.158. The van der Waals surface area contributed by atoms with Gasteiger partial charge in [0.1, 0.15) is 10.9 Å². The standard InChI is InChI=1S/C16H17ClN2O2/c1-10(2)21-12-5-3-11(4-6-12)16-18-14-7-8-20-9-13(14)15(17)19-16/h3-6,10H,7-9H2,1-2H3. The van der Waals surface area contributed by atoms with E-state index in [9.17, 15) is 0 Å².